The van der Waals surface area contributed by atoms with Crippen molar-refractivity contribution in [1.29, 1.82) is 0 Å². The maximum atomic E-state index is 12.3. The van der Waals surface area contributed by atoms with Crippen molar-refractivity contribution in [1.82, 2.24) is 4.98 Å². The number of nitrogens with zero attached hydrogens (tertiary/aromatic N) is 1. The molecule has 0 fully saturated rings. The van der Waals surface area contributed by atoms with Crippen LogP contribution in [0.4, 0.5) is 11.5 Å². The Hall–Kier alpha value is -1.49. The fraction of sp³-hybridized carbons (Fsp3) is 0.143. The molecule has 0 aliphatic heterocycles. The predicted octanol–water partition coefficient (Wildman–Crippen LogP) is 4.73. The minimum absolute atomic E-state index is 0.257. The Labute approximate surface area is 137 Å². The third-order valence-corrected chi connectivity index (χ3v) is 3.78. The number of amides is 1. The van der Waals surface area contributed by atoms with Crippen molar-refractivity contribution in [3.63, 3.8) is 0 Å². The van der Waals surface area contributed by atoms with E-state index in [1.165, 1.54) is 6.20 Å². The van der Waals surface area contributed by atoms with E-state index >= 15 is 0 Å². The van der Waals surface area contributed by atoms with E-state index in [4.69, 9.17) is 34.8 Å². The molecule has 0 spiro atoms. The summed E-state index contributed by atoms with van der Waals surface area (Å²) in [6.07, 6.45) is 1.42. The van der Waals surface area contributed by atoms with E-state index in [2.05, 4.69) is 15.6 Å². The van der Waals surface area contributed by atoms with Crippen molar-refractivity contribution in [2.75, 3.05) is 17.2 Å². The van der Waals surface area contributed by atoms with Gasteiger partial charge < -0.3 is 10.6 Å². The number of hydrogen-bond donors (Lipinski definition) is 2. The molecule has 1 amide bonds. The summed E-state index contributed by atoms with van der Waals surface area (Å²) in [6.45, 7) is 2.62. The third-order valence-electron chi connectivity index (χ3n) is 2.66. The van der Waals surface area contributed by atoms with Crippen LogP contribution < -0.4 is 10.6 Å². The fourth-order valence-electron chi connectivity index (χ4n) is 1.68. The summed E-state index contributed by atoms with van der Waals surface area (Å²) in [5, 5.41) is 6.60. The lowest BCUT2D eigenvalue weighted by atomic mass is 10.2. The van der Waals surface area contributed by atoms with E-state index in [9.17, 15) is 4.79 Å². The number of anilines is 2. The van der Waals surface area contributed by atoms with Gasteiger partial charge in [0.15, 0.2) is 0 Å². The van der Waals surface area contributed by atoms with Gasteiger partial charge in [0.2, 0.25) is 0 Å². The molecule has 0 aliphatic carbocycles. The third kappa shape index (κ3) is 3.79. The van der Waals surface area contributed by atoms with Gasteiger partial charge in [0.1, 0.15) is 5.82 Å². The maximum absolute atomic E-state index is 12.3. The van der Waals surface area contributed by atoms with E-state index in [-0.39, 0.29) is 16.0 Å². The highest BCUT2D eigenvalue weighted by atomic mass is 35.5. The molecule has 0 bridgehead atoms. The van der Waals surface area contributed by atoms with Crippen molar-refractivity contribution in [3.05, 3.63) is 51.1 Å². The summed E-state index contributed by atoms with van der Waals surface area (Å²) in [5.74, 6) is 0.190. The molecule has 110 valence electrons. The standard InChI is InChI=1S/C14H12Cl3N3O/c1-2-18-12-6-8(10(16)7-19-12)14(21)20-11-5-3-4-9(15)13(11)17/h3-7H,2H2,1H3,(H,18,19)(H,20,21). The van der Waals surface area contributed by atoms with Gasteiger partial charge in [0.25, 0.3) is 5.91 Å². The molecule has 7 heteroatoms. The number of halogens is 3. The van der Waals surface area contributed by atoms with Crippen molar-refractivity contribution in [2.45, 2.75) is 6.92 Å². The van der Waals surface area contributed by atoms with Crippen LogP contribution in [0.1, 0.15) is 17.3 Å². The summed E-state index contributed by atoms with van der Waals surface area (Å²) in [5.41, 5.74) is 0.728. The molecule has 1 aromatic heterocycles. The van der Waals surface area contributed by atoms with E-state index in [1.807, 2.05) is 6.92 Å². The number of aromatic nitrogens is 1. The van der Waals surface area contributed by atoms with Gasteiger partial charge in [-0.05, 0) is 25.1 Å². The van der Waals surface area contributed by atoms with Crippen LogP contribution in [-0.2, 0) is 0 Å². The normalized spacial score (nSPS) is 10.3. The molecule has 2 N–H and O–H groups in total. The van der Waals surface area contributed by atoms with Gasteiger partial charge in [0.05, 0.1) is 26.3 Å². The molecule has 4 nitrogen and oxygen atoms in total. The van der Waals surface area contributed by atoms with Crippen LogP contribution in [0.25, 0.3) is 0 Å². The Morgan fingerprint density at radius 2 is 2.00 bits per heavy atom. The summed E-state index contributed by atoms with van der Waals surface area (Å²) in [7, 11) is 0. The van der Waals surface area contributed by atoms with Gasteiger partial charge in [-0.3, -0.25) is 4.79 Å². The Kier molecular flexibility index (Phi) is 5.28. The first-order valence-electron chi connectivity index (χ1n) is 6.17. The number of rotatable bonds is 4. The highest BCUT2D eigenvalue weighted by Crippen LogP contribution is 2.30. The molecule has 0 atom stereocenters. The first-order valence-corrected chi connectivity index (χ1v) is 7.31. The van der Waals surface area contributed by atoms with E-state index < -0.39 is 0 Å². The first kappa shape index (κ1) is 15.9. The van der Waals surface area contributed by atoms with Crippen LogP contribution >= 0.6 is 34.8 Å². The molecule has 0 aliphatic rings. The zero-order chi connectivity index (χ0) is 15.4. The Morgan fingerprint density at radius 1 is 1.24 bits per heavy atom. The van der Waals surface area contributed by atoms with Crippen molar-refractivity contribution < 1.29 is 4.79 Å². The summed E-state index contributed by atoms with van der Waals surface area (Å²) in [6, 6.07) is 6.58. The van der Waals surface area contributed by atoms with Gasteiger partial charge in [-0.25, -0.2) is 4.98 Å². The smallest absolute Gasteiger partial charge is 0.257 e. The lowest BCUT2D eigenvalue weighted by molar-refractivity contribution is 0.102. The lowest BCUT2D eigenvalue weighted by Crippen LogP contribution is -2.14. The number of pyridine rings is 1. The number of carbonyl (C=O) groups is 1. The molecule has 2 aromatic rings. The van der Waals surface area contributed by atoms with E-state index in [1.54, 1.807) is 24.3 Å². The molecular weight excluding hydrogens is 333 g/mol. The molecule has 21 heavy (non-hydrogen) atoms. The molecule has 0 saturated carbocycles. The monoisotopic (exact) mass is 343 g/mol. The SMILES string of the molecule is CCNc1cc(C(=O)Nc2cccc(Cl)c2Cl)c(Cl)cn1. The molecule has 1 aromatic carbocycles. The number of carbonyl (C=O) groups excluding carboxylic acids is 1. The van der Waals surface area contributed by atoms with Crippen molar-refractivity contribution >= 4 is 52.2 Å². The molecule has 0 radical (unpaired) electrons. The quantitative estimate of drug-likeness (QED) is 0.843. The van der Waals surface area contributed by atoms with Crippen molar-refractivity contribution in [3.8, 4) is 0 Å². The van der Waals surface area contributed by atoms with Crippen LogP contribution in [0.15, 0.2) is 30.5 Å². The van der Waals surface area contributed by atoms with Gasteiger partial charge >= 0.3 is 0 Å². The molecule has 2 rings (SSSR count). The Balaban J connectivity index is 2.28. The molecule has 0 saturated heterocycles. The minimum atomic E-state index is -0.384. The molecule has 1 heterocycles. The molecule has 0 unspecified atom stereocenters. The van der Waals surface area contributed by atoms with Crippen LogP contribution in [0.2, 0.25) is 15.1 Å². The van der Waals surface area contributed by atoms with Gasteiger partial charge in [-0.2, -0.15) is 0 Å². The Morgan fingerprint density at radius 3 is 2.71 bits per heavy atom. The average Bonchev–Trinajstić information content (AvgIpc) is 2.46. The zero-order valence-corrected chi connectivity index (χ0v) is 13.4. The Bertz CT molecular complexity index is 677. The summed E-state index contributed by atoms with van der Waals surface area (Å²) in [4.78, 5) is 16.4. The van der Waals surface area contributed by atoms with E-state index in [0.717, 1.165) is 0 Å². The average molecular weight is 345 g/mol. The topological polar surface area (TPSA) is 54.0 Å². The zero-order valence-electron chi connectivity index (χ0n) is 11.1. The minimum Gasteiger partial charge on any atom is -0.370 e. The number of nitrogens with one attached hydrogen (secondary N) is 2. The summed E-state index contributed by atoms with van der Waals surface area (Å²) < 4.78 is 0. The summed E-state index contributed by atoms with van der Waals surface area (Å²) >= 11 is 18.0. The largest absolute Gasteiger partial charge is 0.370 e. The number of hydrogen-bond acceptors (Lipinski definition) is 3. The van der Waals surface area contributed by atoms with Crippen LogP contribution in [-0.4, -0.2) is 17.4 Å². The van der Waals surface area contributed by atoms with Gasteiger partial charge in [-0.15, -0.1) is 0 Å². The van der Waals surface area contributed by atoms with Gasteiger partial charge in [0, 0.05) is 12.7 Å². The van der Waals surface area contributed by atoms with Gasteiger partial charge in [-0.1, -0.05) is 40.9 Å². The lowest BCUT2D eigenvalue weighted by Gasteiger charge is -2.10. The second-order valence-electron chi connectivity index (χ2n) is 4.14. The number of benzene rings is 1. The molecular formula is C14H12Cl3N3O. The van der Waals surface area contributed by atoms with Crippen molar-refractivity contribution in [2.24, 2.45) is 0 Å². The second kappa shape index (κ2) is 6.98. The fourth-order valence-corrected chi connectivity index (χ4v) is 2.22. The highest BCUT2D eigenvalue weighted by molar-refractivity contribution is 6.44. The maximum Gasteiger partial charge on any atom is 0.257 e. The second-order valence-corrected chi connectivity index (χ2v) is 5.33. The van der Waals surface area contributed by atoms with Crippen LogP contribution in [0.3, 0.4) is 0 Å². The van der Waals surface area contributed by atoms with Crippen LogP contribution in [0, 0.1) is 0 Å². The predicted molar refractivity (Wildman–Crippen MR) is 87.8 cm³/mol. The van der Waals surface area contributed by atoms with E-state index in [0.29, 0.717) is 28.6 Å². The van der Waals surface area contributed by atoms with Crippen LogP contribution in [0.5, 0.6) is 0 Å². The first-order chi connectivity index (χ1) is 10.0. The highest BCUT2D eigenvalue weighted by Gasteiger charge is 2.14.